The average Bonchev–Trinajstić information content (AvgIpc) is 2.92. The second-order valence-electron chi connectivity index (χ2n) is 5.87. The van der Waals surface area contributed by atoms with Crippen LogP contribution in [0.4, 0.5) is 11.5 Å². The van der Waals surface area contributed by atoms with E-state index in [1.54, 1.807) is 6.20 Å². The molecule has 0 radical (unpaired) electrons. The summed E-state index contributed by atoms with van der Waals surface area (Å²) in [5.74, 6) is 2.00. The predicted molar refractivity (Wildman–Crippen MR) is 76.0 cm³/mol. The van der Waals surface area contributed by atoms with Crippen LogP contribution in [0.5, 0.6) is 0 Å². The Morgan fingerprint density at radius 3 is 2.63 bits per heavy atom. The fourth-order valence-electron chi connectivity index (χ4n) is 2.70. The topological polar surface area (TPSA) is 54.0 Å². The third-order valence-electron chi connectivity index (χ3n) is 4.20. The van der Waals surface area contributed by atoms with Crippen LogP contribution in [0.2, 0.25) is 0 Å². The third-order valence-corrected chi connectivity index (χ3v) is 4.20. The maximum atomic E-state index is 12.0. The van der Waals surface area contributed by atoms with E-state index in [1.165, 1.54) is 19.3 Å². The van der Waals surface area contributed by atoms with Gasteiger partial charge < -0.3 is 10.6 Å². The maximum Gasteiger partial charge on any atom is 0.227 e. The molecule has 2 unspecified atom stereocenters. The molecule has 2 fully saturated rings. The van der Waals surface area contributed by atoms with Gasteiger partial charge in [0.25, 0.3) is 0 Å². The highest BCUT2D eigenvalue weighted by Gasteiger charge is 2.32. The molecule has 1 aromatic rings. The molecule has 0 aliphatic heterocycles. The molecule has 0 aromatic carbocycles. The Labute approximate surface area is 114 Å². The van der Waals surface area contributed by atoms with Gasteiger partial charge in [-0.1, -0.05) is 19.8 Å². The van der Waals surface area contributed by atoms with E-state index < -0.39 is 0 Å². The second kappa shape index (κ2) is 5.19. The molecule has 3 rings (SSSR count). The Kier molecular flexibility index (Phi) is 3.40. The number of nitrogens with one attached hydrogen (secondary N) is 2. The molecule has 1 heterocycles. The van der Waals surface area contributed by atoms with Crippen molar-refractivity contribution in [3.8, 4) is 0 Å². The number of nitrogens with zero attached hydrogens (tertiary/aromatic N) is 1. The van der Waals surface area contributed by atoms with Crippen molar-refractivity contribution < 1.29 is 4.79 Å². The van der Waals surface area contributed by atoms with Gasteiger partial charge in [0, 0.05) is 12.0 Å². The number of anilines is 2. The van der Waals surface area contributed by atoms with Crippen LogP contribution in [0.1, 0.15) is 39.0 Å². The molecule has 2 N–H and O–H groups in total. The van der Waals surface area contributed by atoms with Gasteiger partial charge in [-0.15, -0.1) is 0 Å². The first kappa shape index (κ1) is 12.5. The number of amides is 1. The summed E-state index contributed by atoms with van der Waals surface area (Å²) < 4.78 is 0. The van der Waals surface area contributed by atoms with E-state index >= 15 is 0 Å². The number of rotatable bonds is 4. The molecule has 4 heteroatoms. The van der Waals surface area contributed by atoms with Crippen LogP contribution in [0.3, 0.4) is 0 Å². The van der Waals surface area contributed by atoms with Gasteiger partial charge in [-0.25, -0.2) is 4.98 Å². The van der Waals surface area contributed by atoms with E-state index in [9.17, 15) is 4.79 Å². The monoisotopic (exact) mass is 259 g/mol. The van der Waals surface area contributed by atoms with Crippen molar-refractivity contribution in [2.45, 2.75) is 45.1 Å². The number of hydrogen-bond acceptors (Lipinski definition) is 3. The smallest absolute Gasteiger partial charge is 0.227 e. The minimum atomic E-state index is 0.149. The largest absolute Gasteiger partial charge is 0.367 e. The van der Waals surface area contributed by atoms with Gasteiger partial charge in [0.15, 0.2) is 0 Å². The summed E-state index contributed by atoms with van der Waals surface area (Å²) in [5, 5.41) is 6.34. The van der Waals surface area contributed by atoms with Crippen molar-refractivity contribution in [3.05, 3.63) is 18.3 Å². The highest BCUT2D eigenvalue weighted by atomic mass is 16.1. The van der Waals surface area contributed by atoms with E-state index in [0.29, 0.717) is 6.04 Å². The summed E-state index contributed by atoms with van der Waals surface area (Å²) in [6.07, 6.45) is 7.37. The van der Waals surface area contributed by atoms with E-state index in [-0.39, 0.29) is 11.8 Å². The van der Waals surface area contributed by atoms with E-state index in [4.69, 9.17) is 0 Å². The normalized spacial score (nSPS) is 26.2. The molecule has 2 atom stereocenters. The van der Waals surface area contributed by atoms with E-state index in [1.807, 2.05) is 12.1 Å². The van der Waals surface area contributed by atoms with E-state index in [2.05, 4.69) is 22.5 Å². The lowest BCUT2D eigenvalue weighted by molar-refractivity contribution is -0.119. The number of carbonyl (C=O) groups excluding carboxylic acids is 1. The first-order valence-corrected chi connectivity index (χ1v) is 7.26. The Bertz CT molecular complexity index is 451. The van der Waals surface area contributed by atoms with Gasteiger partial charge in [0.05, 0.1) is 11.9 Å². The van der Waals surface area contributed by atoms with Crippen molar-refractivity contribution in [1.82, 2.24) is 4.98 Å². The zero-order valence-corrected chi connectivity index (χ0v) is 11.4. The van der Waals surface area contributed by atoms with Gasteiger partial charge in [0.2, 0.25) is 5.91 Å². The Morgan fingerprint density at radius 1 is 1.32 bits per heavy atom. The molecule has 4 nitrogen and oxygen atoms in total. The molecule has 102 valence electrons. The summed E-state index contributed by atoms with van der Waals surface area (Å²) >= 11 is 0. The van der Waals surface area contributed by atoms with Gasteiger partial charge in [-0.05, 0) is 37.3 Å². The number of carbonyl (C=O) groups is 1. The van der Waals surface area contributed by atoms with Crippen molar-refractivity contribution >= 4 is 17.4 Å². The fraction of sp³-hybridized carbons (Fsp3) is 0.600. The van der Waals surface area contributed by atoms with Crippen molar-refractivity contribution in [2.75, 3.05) is 10.6 Å². The third kappa shape index (κ3) is 3.06. The Balaban J connectivity index is 1.54. The highest BCUT2D eigenvalue weighted by molar-refractivity contribution is 5.92. The quantitative estimate of drug-likeness (QED) is 0.874. The molecule has 2 aliphatic carbocycles. The van der Waals surface area contributed by atoms with E-state index in [0.717, 1.165) is 30.3 Å². The summed E-state index contributed by atoms with van der Waals surface area (Å²) in [6.45, 7) is 2.23. The SMILES string of the molecule is CC1CC1Nc1ccc(NC(=O)C2CCCC2)cn1. The van der Waals surface area contributed by atoms with Crippen LogP contribution >= 0.6 is 0 Å². The standard InChI is InChI=1S/C15H21N3O/c1-10-8-13(10)18-14-7-6-12(9-16-14)17-15(19)11-4-2-3-5-11/h6-7,9-11,13H,2-5,8H2,1H3,(H,16,18)(H,17,19). The molecular formula is C15H21N3O. The average molecular weight is 259 g/mol. The summed E-state index contributed by atoms with van der Waals surface area (Å²) in [4.78, 5) is 16.3. The number of aromatic nitrogens is 1. The van der Waals surface area contributed by atoms with Crippen LogP contribution in [0, 0.1) is 11.8 Å². The molecule has 1 amide bonds. The summed E-state index contributed by atoms with van der Waals surface area (Å²) in [6, 6.07) is 4.44. The molecule has 2 saturated carbocycles. The Hall–Kier alpha value is -1.58. The second-order valence-corrected chi connectivity index (χ2v) is 5.87. The molecule has 0 spiro atoms. The van der Waals surface area contributed by atoms with Crippen LogP contribution < -0.4 is 10.6 Å². The van der Waals surface area contributed by atoms with Crippen LogP contribution in [-0.4, -0.2) is 16.9 Å². The highest BCUT2D eigenvalue weighted by Crippen LogP contribution is 2.32. The van der Waals surface area contributed by atoms with Gasteiger partial charge >= 0.3 is 0 Å². The fourth-order valence-corrected chi connectivity index (χ4v) is 2.70. The molecular weight excluding hydrogens is 238 g/mol. The molecule has 2 aliphatic rings. The first-order valence-electron chi connectivity index (χ1n) is 7.26. The van der Waals surface area contributed by atoms with Crippen LogP contribution in [0.25, 0.3) is 0 Å². The van der Waals surface area contributed by atoms with Gasteiger partial charge in [-0.2, -0.15) is 0 Å². The predicted octanol–water partition coefficient (Wildman–Crippen LogP) is 3.03. The summed E-state index contributed by atoms with van der Waals surface area (Å²) in [7, 11) is 0. The summed E-state index contributed by atoms with van der Waals surface area (Å²) in [5.41, 5.74) is 0.797. The molecule has 0 bridgehead atoms. The lowest BCUT2D eigenvalue weighted by Gasteiger charge is -2.10. The van der Waals surface area contributed by atoms with Crippen molar-refractivity contribution in [1.29, 1.82) is 0 Å². The lowest BCUT2D eigenvalue weighted by atomic mass is 10.1. The lowest BCUT2D eigenvalue weighted by Crippen LogP contribution is -2.20. The van der Waals surface area contributed by atoms with Crippen LogP contribution in [-0.2, 0) is 4.79 Å². The zero-order valence-electron chi connectivity index (χ0n) is 11.4. The molecule has 0 saturated heterocycles. The number of hydrogen-bond donors (Lipinski definition) is 2. The van der Waals surface area contributed by atoms with Gasteiger partial charge in [-0.3, -0.25) is 4.79 Å². The minimum Gasteiger partial charge on any atom is -0.367 e. The van der Waals surface area contributed by atoms with Crippen molar-refractivity contribution in [3.63, 3.8) is 0 Å². The van der Waals surface area contributed by atoms with Crippen molar-refractivity contribution in [2.24, 2.45) is 11.8 Å². The maximum absolute atomic E-state index is 12.0. The molecule has 1 aromatic heterocycles. The van der Waals surface area contributed by atoms with Gasteiger partial charge in [0.1, 0.15) is 5.82 Å². The first-order chi connectivity index (χ1) is 9.22. The van der Waals surface area contributed by atoms with Crippen LogP contribution in [0.15, 0.2) is 18.3 Å². The molecule has 19 heavy (non-hydrogen) atoms. The Morgan fingerprint density at radius 2 is 2.05 bits per heavy atom. The zero-order chi connectivity index (χ0) is 13.2. The number of pyridine rings is 1. The minimum absolute atomic E-state index is 0.149.